The summed E-state index contributed by atoms with van der Waals surface area (Å²) in [5, 5.41) is 13.1. The van der Waals surface area contributed by atoms with Crippen molar-refractivity contribution < 1.29 is 14.6 Å². The van der Waals surface area contributed by atoms with Crippen LogP contribution in [0.1, 0.15) is 19.8 Å². The second kappa shape index (κ2) is 6.18. The summed E-state index contributed by atoms with van der Waals surface area (Å²) in [5.41, 5.74) is -0.705. The Labute approximate surface area is 96.8 Å². The van der Waals surface area contributed by atoms with E-state index in [0.29, 0.717) is 39.1 Å². The molecule has 1 amide bonds. The van der Waals surface area contributed by atoms with Gasteiger partial charge in [0.2, 0.25) is 5.91 Å². The number of likely N-dealkylation sites (N-methyl/N-ethyl adjacent to an activating group) is 1. The second-order valence-corrected chi connectivity index (χ2v) is 4.35. The van der Waals surface area contributed by atoms with Crippen LogP contribution in [0, 0.1) is 0 Å². The van der Waals surface area contributed by atoms with Gasteiger partial charge in [0.15, 0.2) is 0 Å². The standard InChI is InChI=1S/C11H22N2O3/c1-3-13(2)10(14)8-12-9-11(15)4-6-16-7-5-11/h12,15H,3-9H2,1-2H3. The van der Waals surface area contributed by atoms with Crippen molar-refractivity contribution in [2.75, 3.05) is 39.9 Å². The molecule has 94 valence electrons. The molecule has 5 heteroatoms. The molecule has 2 N–H and O–H groups in total. The Kier molecular flexibility index (Phi) is 5.18. The summed E-state index contributed by atoms with van der Waals surface area (Å²) in [4.78, 5) is 13.1. The predicted molar refractivity (Wildman–Crippen MR) is 61.2 cm³/mol. The number of hydrogen-bond acceptors (Lipinski definition) is 4. The van der Waals surface area contributed by atoms with E-state index in [0.717, 1.165) is 0 Å². The smallest absolute Gasteiger partial charge is 0.236 e. The molecule has 0 aliphatic carbocycles. The molecule has 0 saturated carbocycles. The van der Waals surface area contributed by atoms with Gasteiger partial charge in [0.25, 0.3) is 0 Å². The van der Waals surface area contributed by atoms with E-state index >= 15 is 0 Å². The summed E-state index contributed by atoms with van der Waals surface area (Å²) in [6, 6.07) is 0. The maximum atomic E-state index is 11.5. The molecule has 0 aromatic rings. The zero-order valence-corrected chi connectivity index (χ0v) is 10.2. The molecule has 5 nitrogen and oxygen atoms in total. The zero-order valence-electron chi connectivity index (χ0n) is 10.2. The van der Waals surface area contributed by atoms with Crippen molar-refractivity contribution in [2.24, 2.45) is 0 Å². The maximum absolute atomic E-state index is 11.5. The van der Waals surface area contributed by atoms with Crippen LogP contribution in [0.25, 0.3) is 0 Å². The van der Waals surface area contributed by atoms with Crippen LogP contribution in [-0.4, -0.2) is 61.4 Å². The SMILES string of the molecule is CCN(C)C(=O)CNCC1(O)CCOCC1. The molecule has 0 bridgehead atoms. The van der Waals surface area contributed by atoms with E-state index in [2.05, 4.69) is 5.32 Å². The van der Waals surface area contributed by atoms with Crippen molar-refractivity contribution in [3.63, 3.8) is 0 Å². The lowest BCUT2D eigenvalue weighted by molar-refractivity contribution is -0.129. The van der Waals surface area contributed by atoms with Gasteiger partial charge in [-0.25, -0.2) is 0 Å². The van der Waals surface area contributed by atoms with Crippen molar-refractivity contribution >= 4 is 5.91 Å². The minimum Gasteiger partial charge on any atom is -0.388 e. The molecular weight excluding hydrogens is 208 g/mol. The lowest BCUT2D eigenvalue weighted by atomic mass is 9.94. The van der Waals surface area contributed by atoms with Gasteiger partial charge in [-0.1, -0.05) is 0 Å². The highest BCUT2D eigenvalue weighted by Crippen LogP contribution is 2.18. The number of aliphatic hydroxyl groups is 1. The zero-order chi connectivity index (χ0) is 12.0. The van der Waals surface area contributed by atoms with Crippen molar-refractivity contribution in [2.45, 2.75) is 25.4 Å². The van der Waals surface area contributed by atoms with Crippen LogP contribution in [0.15, 0.2) is 0 Å². The molecule has 0 unspecified atom stereocenters. The highest BCUT2D eigenvalue weighted by molar-refractivity contribution is 5.77. The van der Waals surface area contributed by atoms with Gasteiger partial charge in [-0.2, -0.15) is 0 Å². The molecule has 1 rings (SSSR count). The molecule has 1 aliphatic heterocycles. The summed E-state index contributed by atoms with van der Waals surface area (Å²) in [7, 11) is 1.77. The number of amides is 1. The fraction of sp³-hybridized carbons (Fsp3) is 0.909. The molecule has 0 spiro atoms. The normalized spacial score (nSPS) is 19.4. The molecule has 1 aliphatic rings. The Morgan fingerprint density at radius 2 is 2.12 bits per heavy atom. The first-order valence-electron chi connectivity index (χ1n) is 5.82. The van der Waals surface area contributed by atoms with Crippen molar-refractivity contribution in [3.8, 4) is 0 Å². The van der Waals surface area contributed by atoms with Gasteiger partial charge in [-0.3, -0.25) is 4.79 Å². The van der Waals surface area contributed by atoms with Gasteiger partial charge in [-0.15, -0.1) is 0 Å². The molecular formula is C11H22N2O3. The lowest BCUT2D eigenvalue weighted by Gasteiger charge is -2.32. The van der Waals surface area contributed by atoms with Crippen LogP contribution < -0.4 is 5.32 Å². The van der Waals surface area contributed by atoms with Crippen molar-refractivity contribution in [1.29, 1.82) is 0 Å². The third kappa shape index (κ3) is 4.08. The fourth-order valence-corrected chi connectivity index (χ4v) is 1.64. The minimum absolute atomic E-state index is 0.0539. The quantitative estimate of drug-likeness (QED) is 0.674. The molecule has 1 saturated heterocycles. The van der Waals surface area contributed by atoms with Crippen LogP contribution in [0.3, 0.4) is 0 Å². The van der Waals surface area contributed by atoms with Crippen LogP contribution in [0.4, 0.5) is 0 Å². The first-order chi connectivity index (χ1) is 7.57. The summed E-state index contributed by atoms with van der Waals surface area (Å²) < 4.78 is 5.19. The van der Waals surface area contributed by atoms with Gasteiger partial charge >= 0.3 is 0 Å². The van der Waals surface area contributed by atoms with Gasteiger partial charge in [0, 0.05) is 46.2 Å². The Bertz CT molecular complexity index is 227. The van der Waals surface area contributed by atoms with Gasteiger partial charge in [0.1, 0.15) is 0 Å². The van der Waals surface area contributed by atoms with Crippen LogP contribution in [0.2, 0.25) is 0 Å². The first-order valence-corrected chi connectivity index (χ1v) is 5.82. The number of carbonyl (C=O) groups excluding carboxylic acids is 1. The topological polar surface area (TPSA) is 61.8 Å². The average Bonchev–Trinajstić information content (AvgIpc) is 2.28. The van der Waals surface area contributed by atoms with E-state index in [1.807, 2.05) is 6.92 Å². The highest BCUT2D eigenvalue weighted by atomic mass is 16.5. The third-order valence-corrected chi connectivity index (χ3v) is 3.05. The molecule has 0 radical (unpaired) electrons. The number of nitrogens with zero attached hydrogens (tertiary/aromatic N) is 1. The predicted octanol–water partition coefficient (Wildman–Crippen LogP) is -0.404. The Morgan fingerprint density at radius 1 is 1.50 bits per heavy atom. The van der Waals surface area contributed by atoms with Crippen LogP contribution >= 0.6 is 0 Å². The number of carbonyl (C=O) groups is 1. The highest BCUT2D eigenvalue weighted by Gasteiger charge is 2.29. The monoisotopic (exact) mass is 230 g/mol. The molecule has 16 heavy (non-hydrogen) atoms. The fourth-order valence-electron chi connectivity index (χ4n) is 1.64. The Balaban J connectivity index is 2.21. The Morgan fingerprint density at radius 3 is 2.69 bits per heavy atom. The van der Waals surface area contributed by atoms with E-state index in [9.17, 15) is 9.90 Å². The number of hydrogen-bond donors (Lipinski definition) is 2. The van der Waals surface area contributed by atoms with Crippen molar-refractivity contribution in [1.82, 2.24) is 10.2 Å². The number of nitrogens with one attached hydrogen (secondary N) is 1. The summed E-state index contributed by atoms with van der Waals surface area (Å²) in [5.74, 6) is 0.0539. The van der Waals surface area contributed by atoms with Crippen LogP contribution in [0.5, 0.6) is 0 Å². The average molecular weight is 230 g/mol. The van der Waals surface area contributed by atoms with Crippen LogP contribution in [-0.2, 0) is 9.53 Å². The van der Waals surface area contributed by atoms with E-state index < -0.39 is 5.60 Å². The third-order valence-electron chi connectivity index (χ3n) is 3.05. The molecule has 1 heterocycles. The van der Waals surface area contributed by atoms with E-state index in [1.165, 1.54) is 0 Å². The largest absolute Gasteiger partial charge is 0.388 e. The molecule has 1 fully saturated rings. The van der Waals surface area contributed by atoms with Gasteiger partial charge in [0.05, 0.1) is 12.1 Å². The summed E-state index contributed by atoms with van der Waals surface area (Å²) >= 11 is 0. The number of rotatable bonds is 5. The Hall–Kier alpha value is -0.650. The molecule has 0 atom stereocenters. The summed E-state index contributed by atoms with van der Waals surface area (Å²) in [6.07, 6.45) is 1.27. The molecule has 0 aromatic carbocycles. The van der Waals surface area contributed by atoms with E-state index in [4.69, 9.17) is 4.74 Å². The van der Waals surface area contributed by atoms with E-state index in [1.54, 1.807) is 11.9 Å². The summed E-state index contributed by atoms with van der Waals surface area (Å²) in [6.45, 7) is 4.58. The second-order valence-electron chi connectivity index (χ2n) is 4.35. The lowest BCUT2D eigenvalue weighted by Crippen LogP contribution is -2.47. The van der Waals surface area contributed by atoms with Crippen molar-refractivity contribution in [3.05, 3.63) is 0 Å². The van der Waals surface area contributed by atoms with Gasteiger partial charge < -0.3 is 20.1 Å². The molecule has 0 aromatic heterocycles. The minimum atomic E-state index is -0.705. The first kappa shape index (κ1) is 13.4. The number of ether oxygens (including phenoxy) is 1. The van der Waals surface area contributed by atoms with E-state index in [-0.39, 0.29) is 12.5 Å². The van der Waals surface area contributed by atoms with Gasteiger partial charge in [-0.05, 0) is 6.92 Å². The maximum Gasteiger partial charge on any atom is 0.236 e.